The average molecular weight is 244 g/mol. The van der Waals surface area contributed by atoms with Crippen LogP contribution < -0.4 is 5.73 Å². The van der Waals surface area contributed by atoms with Gasteiger partial charge in [-0.05, 0) is 42.4 Å². The highest BCUT2D eigenvalue weighted by Gasteiger charge is 2.31. The molecule has 82 valence electrons. The van der Waals surface area contributed by atoms with Crippen LogP contribution in [-0.2, 0) is 5.60 Å². The third-order valence-corrected chi connectivity index (χ3v) is 4.17. The van der Waals surface area contributed by atoms with Crippen molar-refractivity contribution < 1.29 is 5.11 Å². The Morgan fingerprint density at radius 2 is 2.33 bits per heavy atom. The Labute approximate surface area is 98.8 Å². The minimum atomic E-state index is -0.899. The van der Waals surface area contributed by atoms with E-state index in [-0.39, 0.29) is 6.54 Å². The van der Waals surface area contributed by atoms with Crippen LogP contribution >= 0.6 is 23.4 Å². The Hall–Kier alpha value is -0.220. The number of rotatable bonds is 1. The van der Waals surface area contributed by atoms with Crippen LogP contribution in [-0.4, -0.2) is 17.4 Å². The summed E-state index contributed by atoms with van der Waals surface area (Å²) in [6.45, 7) is 0.251. The number of benzene rings is 1. The number of thioether (sulfide) groups is 1. The van der Waals surface area contributed by atoms with E-state index in [0.29, 0.717) is 11.4 Å². The van der Waals surface area contributed by atoms with E-state index in [4.69, 9.17) is 17.3 Å². The third kappa shape index (κ3) is 2.16. The zero-order valence-electron chi connectivity index (χ0n) is 8.37. The molecule has 1 heterocycles. The molecule has 0 aromatic heterocycles. The molecule has 1 atom stereocenters. The van der Waals surface area contributed by atoms with Gasteiger partial charge in [-0.15, -0.1) is 11.8 Å². The molecule has 0 saturated heterocycles. The molecule has 4 heteroatoms. The molecule has 0 spiro atoms. The van der Waals surface area contributed by atoms with E-state index in [1.54, 1.807) is 11.8 Å². The first kappa shape index (κ1) is 11.3. The van der Waals surface area contributed by atoms with E-state index in [1.807, 2.05) is 18.2 Å². The van der Waals surface area contributed by atoms with Crippen LogP contribution in [0.3, 0.4) is 0 Å². The van der Waals surface area contributed by atoms with Crippen molar-refractivity contribution in [2.45, 2.75) is 23.3 Å². The van der Waals surface area contributed by atoms with Gasteiger partial charge < -0.3 is 10.8 Å². The number of fused-ring (bicyclic) bond motifs is 1. The summed E-state index contributed by atoms with van der Waals surface area (Å²) >= 11 is 7.71. The van der Waals surface area contributed by atoms with Crippen LogP contribution in [0.5, 0.6) is 0 Å². The molecular formula is C11H14ClNOS. The van der Waals surface area contributed by atoms with Crippen molar-refractivity contribution in [3.8, 4) is 0 Å². The largest absolute Gasteiger partial charge is 0.384 e. The summed E-state index contributed by atoms with van der Waals surface area (Å²) in [5, 5.41) is 11.1. The maximum Gasteiger partial charge on any atom is 0.103 e. The van der Waals surface area contributed by atoms with Gasteiger partial charge in [0.25, 0.3) is 0 Å². The van der Waals surface area contributed by atoms with Gasteiger partial charge in [0.1, 0.15) is 5.60 Å². The molecule has 1 aromatic carbocycles. The minimum Gasteiger partial charge on any atom is -0.384 e. The fourth-order valence-corrected chi connectivity index (χ4v) is 3.13. The van der Waals surface area contributed by atoms with Crippen molar-refractivity contribution in [3.63, 3.8) is 0 Å². The Morgan fingerprint density at radius 3 is 3.07 bits per heavy atom. The zero-order chi connectivity index (χ0) is 10.9. The number of halogens is 1. The molecule has 0 fully saturated rings. The van der Waals surface area contributed by atoms with Gasteiger partial charge in [0.2, 0.25) is 0 Å². The normalized spacial score (nSPS) is 25.8. The lowest BCUT2D eigenvalue weighted by molar-refractivity contribution is 0.0345. The summed E-state index contributed by atoms with van der Waals surface area (Å²) in [4.78, 5) is 1.10. The van der Waals surface area contributed by atoms with Gasteiger partial charge in [0, 0.05) is 16.5 Å². The lowest BCUT2D eigenvalue weighted by Gasteiger charge is -2.26. The number of nitrogens with two attached hydrogens (primary N) is 1. The van der Waals surface area contributed by atoms with Gasteiger partial charge in [-0.25, -0.2) is 0 Å². The Bertz CT molecular complexity index is 372. The quantitative estimate of drug-likeness (QED) is 0.796. The Balaban J connectivity index is 2.52. The monoisotopic (exact) mass is 243 g/mol. The summed E-state index contributed by atoms with van der Waals surface area (Å²) in [7, 11) is 0. The molecule has 3 N–H and O–H groups in total. The fourth-order valence-electron chi connectivity index (χ4n) is 1.89. The van der Waals surface area contributed by atoms with Gasteiger partial charge in [-0.3, -0.25) is 0 Å². The zero-order valence-corrected chi connectivity index (χ0v) is 9.94. The smallest absolute Gasteiger partial charge is 0.103 e. The molecule has 0 radical (unpaired) electrons. The van der Waals surface area contributed by atoms with E-state index in [1.165, 1.54) is 0 Å². The SMILES string of the molecule is NCC1(O)CCCSc2ccc(Cl)cc21. The summed E-state index contributed by atoms with van der Waals surface area (Å²) in [6.07, 6.45) is 1.69. The van der Waals surface area contributed by atoms with Crippen molar-refractivity contribution in [2.24, 2.45) is 5.73 Å². The van der Waals surface area contributed by atoms with E-state index >= 15 is 0 Å². The molecule has 1 aliphatic rings. The second-order valence-electron chi connectivity index (χ2n) is 3.83. The highest BCUT2D eigenvalue weighted by atomic mass is 35.5. The molecule has 15 heavy (non-hydrogen) atoms. The van der Waals surface area contributed by atoms with E-state index < -0.39 is 5.60 Å². The molecule has 2 rings (SSSR count). The lowest BCUT2D eigenvalue weighted by Crippen LogP contribution is -2.34. The van der Waals surface area contributed by atoms with Crippen LogP contribution in [0, 0.1) is 0 Å². The summed E-state index contributed by atoms with van der Waals surface area (Å²) < 4.78 is 0. The summed E-state index contributed by atoms with van der Waals surface area (Å²) in [6, 6.07) is 5.66. The van der Waals surface area contributed by atoms with Crippen molar-refractivity contribution in [1.29, 1.82) is 0 Å². The highest BCUT2D eigenvalue weighted by Crippen LogP contribution is 2.39. The second-order valence-corrected chi connectivity index (χ2v) is 5.40. The first-order chi connectivity index (χ1) is 7.15. The molecule has 2 nitrogen and oxygen atoms in total. The average Bonchev–Trinajstić information content (AvgIpc) is 2.40. The van der Waals surface area contributed by atoms with Crippen molar-refractivity contribution in [3.05, 3.63) is 28.8 Å². The number of hydrogen-bond donors (Lipinski definition) is 2. The van der Waals surface area contributed by atoms with Crippen molar-refractivity contribution in [2.75, 3.05) is 12.3 Å². The topological polar surface area (TPSA) is 46.2 Å². The number of aliphatic hydroxyl groups is 1. The van der Waals surface area contributed by atoms with Gasteiger partial charge in [0.05, 0.1) is 0 Å². The Morgan fingerprint density at radius 1 is 1.53 bits per heavy atom. The van der Waals surface area contributed by atoms with Gasteiger partial charge in [-0.1, -0.05) is 11.6 Å². The Kier molecular flexibility index (Phi) is 3.26. The molecule has 1 aromatic rings. The molecule has 0 aliphatic carbocycles. The minimum absolute atomic E-state index is 0.251. The molecule has 1 unspecified atom stereocenters. The third-order valence-electron chi connectivity index (χ3n) is 2.77. The van der Waals surface area contributed by atoms with E-state index in [2.05, 4.69) is 0 Å². The van der Waals surface area contributed by atoms with E-state index in [9.17, 15) is 5.11 Å². The summed E-state index contributed by atoms with van der Waals surface area (Å²) in [5.41, 5.74) is 5.66. The molecule has 0 bridgehead atoms. The van der Waals surface area contributed by atoms with Crippen LogP contribution in [0.2, 0.25) is 5.02 Å². The molecule has 1 aliphatic heterocycles. The van der Waals surface area contributed by atoms with Crippen LogP contribution in [0.15, 0.2) is 23.1 Å². The van der Waals surface area contributed by atoms with Crippen LogP contribution in [0.25, 0.3) is 0 Å². The second kappa shape index (κ2) is 4.34. The standard InChI is InChI=1S/C11H14ClNOS/c12-8-2-3-10-9(6-8)11(14,7-13)4-1-5-15-10/h2-3,6,14H,1,4-5,7,13H2. The van der Waals surface area contributed by atoms with Gasteiger partial charge in [-0.2, -0.15) is 0 Å². The predicted molar refractivity (Wildman–Crippen MR) is 64.4 cm³/mol. The predicted octanol–water partition coefficient (Wildman–Crippen LogP) is 2.37. The van der Waals surface area contributed by atoms with Crippen LogP contribution in [0.1, 0.15) is 18.4 Å². The maximum absolute atomic E-state index is 10.4. The molecule has 0 amide bonds. The maximum atomic E-state index is 10.4. The molecular weight excluding hydrogens is 230 g/mol. The summed E-state index contributed by atoms with van der Waals surface area (Å²) in [5.74, 6) is 1.02. The van der Waals surface area contributed by atoms with E-state index in [0.717, 1.165) is 22.6 Å². The lowest BCUT2D eigenvalue weighted by atomic mass is 9.89. The van der Waals surface area contributed by atoms with Crippen LogP contribution in [0.4, 0.5) is 0 Å². The fraction of sp³-hybridized carbons (Fsp3) is 0.455. The first-order valence-corrected chi connectivity index (χ1v) is 6.37. The molecule has 0 saturated carbocycles. The van der Waals surface area contributed by atoms with Crippen molar-refractivity contribution >= 4 is 23.4 Å². The van der Waals surface area contributed by atoms with Gasteiger partial charge >= 0.3 is 0 Å². The van der Waals surface area contributed by atoms with Crippen molar-refractivity contribution in [1.82, 2.24) is 0 Å². The highest BCUT2D eigenvalue weighted by molar-refractivity contribution is 7.99. The number of hydrogen-bond acceptors (Lipinski definition) is 3. The first-order valence-electron chi connectivity index (χ1n) is 5.01. The van der Waals surface area contributed by atoms with Gasteiger partial charge in [0.15, 0.2) is 0 Å².